The third-order valence-corrected chi connectivity index (χ3v) is 4.02. The van der Waals surface area contributed by atoms with Gasteiger partial charge in [0.25, 0.3) is 0 Å². The number of hydrogen-bond donors (Lipinski definition) is 1. The number of rotatable bonds is 7. The van der Waals surface area contributed by atoms with Crippen molar-refractivity contribution >= 4 is 0 Å². The van der Waals surface area contributed by atoms with Crippen LogP contribution in [0.5, 0.6) is 5.75 Å². The molecule has 1 N–H and O–H groups in total. The standard InChI is InChI=1S/C16H26N2O3/c1-17-8-12-5-6-14(19-2)13(7-12)9-18-10-15(20-3)16(11-18)21-4/h5-7,15-17H,8-11H2,1-4H3. The van der Waals surface area contributed by atoms with Gasteiger partial charge in [-0.2, -0.15) is 0 Å². The van der Waals surface area contributed by atoms with Crippen LogP contribution in [0.2, 0.25) is 0 Å². The van der Waals surface area contributed by atoms with E-state index in [-0.39, 0.29) is 12.2 Å². The molecular weight excluding hydrogens is 268 g/mol. The fourth-order valence-electron chi connectivity index (χ4n) is 2.91. The monoisotopic (exact) mass is 294 g/mol. The maximum Gasteiger partial charge on any atom is 0.123 e. The van der Waals surface area contributed by atoms with E-state index in [1.165, 1.54) is 11.1 Å². The largest absolute Gasteiger partial charge is 0.496 e. The highest BCUT2D eigenvalue weighted by atomic mass is 16.5. The Morgan fingerprint density at radius 2 is 1.81 bits per heavy atom. The van der Waals surface area contributed by atoms with Gasteiger partial charge in [0.1, 0.15) is 5.75 Å². The van der Waals surface area contributed by atoms with E-state index >= 15 is 0 Å². The van der Waals surface area contributed by atoms with Crippen molar-refractivity contribution in [2.45, 2.75) is 25.3 Å². The van der Waals surface area contributed by atoms with E-state index < -0.39 is 0 Å². The molecule has 0 bridgehead atoms. The summed E-state index contributed by atoms with van der Waals surface area (Å²) in [6.45, 7) is 3.47. The number of nitrogens with one attached hydrogen (secondary N) is 1. The quantitative estimate of drug-likeness (QED) is 0.820. The maximum absolute atomic E-state index is 5.49. The Bertz CT molecular complexity index is 441. The second kappa shape index (κ2) is 7.75. The lowest BCUT2D eigenvalue weighted by Crippen LogP contribution is -2.27. The van der Waals surface area contributed by atoms with Crippen LogP contribution in [0.1, 0.15) is 11.1 Å². The number of ether oxygens (including phenoxy) is 3. The molecular formula is C16H26N2O3. The SMILES string of the molecule is CNCc1ccc(OC)c(CN2CC(OC)C(OC)C2)c1. The molecule has 2 rings (SSSR count). The van der Waals surface area contributed by atoms with E-state index in [1.807, 2.05) is 13.1 Å². The minimum absolute atomic E-state index is 0.140. The number of hydrogen-bond acceptors (Lipinski definition) is 5. The summed E-state index contributed by atoms with van der Waals surface area (Å²) in [5.41, 5.74) is 2.47. The number of nitrogens with zero attached hydrogens (tertiary/aromatic N) is 1. The molecule has 1 saturated heterocycles. The van der Waals surface area contributed by atoms with Crippen molar-refractivity contribution in [1.29, 1.82) is 0 Å². The molecule has 2 atom stereocenters. The topological polar surface area (TPSA) is 43.0 Å². The minimum Gasteiger partial charge on any atom is -0.496 e. The van der Waals surface area contributed by atoms with E-state index in [2.05, 4.69) is 22.3 Å². The normalized spacial score (nSPS) is 22.7. The molecule has 1 aromatic carbocycles. The van der Waals surface area contributed by atoms with E-state index in [0.717, 1.165) is 31.9 Å². The van der Waals surface area contributed by atoms with Crippen LogP contribution in [0.15, 0.2) is 18.2 Å². The Balaban J connectivity index is 2.09. The van der Waals surface area contributed by atoms with Gasteiger partial charge >= 0.3 is 0 Å². The van der Waals surface area contributed by atoms with Gasteiger partial charge in [0.2, 0.25) is 0 Å². The van der Waals surface area contributed by atoms with Gasteiger partial charge in [-0.1, -0.05) is 6.07 Å². The summed E-state index contributed by atoms with van der Waals surface area (Å²) < 4.78 is 16.5. The van der Waals surface area contributed by atoms with Crippen LogP contribution in [-0.4, -0.2) is 58.6 Å². The highest BCUT2D eigenvalue weighted by Crippen LogP contribution is 2.25. The van der Waals surface area contributed by atoms with Crippen LogP contribution >= 0.6 is 0 Å². The molecule has 0 spiro atoms. The molecule has 0 aromatic heterocycles. The van der Waals surface area contributed by atoms with Gasteiger partial charge in [0, 0.05) is 46.0 Å². The summed E-state index contributed by atoms with van der Waals surface area (Å²) in [6.07, 6.45) is 0.281. The fourth-order valence-corrected chi connectivity index (χ4v) is 2.91. The lowest BCUT2D eigenvalue weighted by molar-refractivity contribution is -0.00461. The molecule has 1 heterocycles. The fraction of sp³-hybridized carbons (Fsp3) is 0.625. The second-order valence-electron chi connectivity index (χ2n) is 5.42. The summed E-state index contributed by atoms with van der Waals surface area (Å²) in [4.78, 5) is 2.35. The molecule has 21 heavy (non-hydrogen) atoms. The third kappa shape index (κ3) is 3.95. The van der Waals surface area contributed by atoms with Crippen molar-refractivity contribution in [2.75, 3.05) is 41.5 Å². The average Bonchev–Trinajstić information content (AvgIpc) is 2.90. The lowest BCUT2D eigenvalue weighted by Gasteiger charge is -2.18. The summed E-state index contributed by atoms with van der Waals surface area (Å²) in [5, 5.41) is 3.18. The molecule has 0 radical (unpaired) electrons. The Labute approximate surface area is 127 Å². The van der Waals surface area contributed by atoms with E-state index in [0.29, 0.717) is 0 Å². The summed E-state index contributed by atoms with van der Waals surface area (Å²) in [6, 6.07) is 6.34. The van der Waals surface area contributed by atoms with Gasteiger partial charge in [0.05, 0.1) is 19.3 Å². The van der Waals surface area contributed by atoms with Crippen molar-refractivity contribution in [3.8, 4) is 5.75 Å². The zero-order valence-corrected chi connectivity index (χ0v) is 13.4. The molecule has 1 aromatic rings. The Morgan fingerprint density at radius 1 is 1.14 bits per heavy atom. The van der Waals surface area contributed by atoms with Crippen molar-refractivity contribution in [1.82, 2.24) is 10.2 Å². The second-order valence-corrected chi connectivity index (χ2v) is 5.42. The first-order valence-electron chi connectivity index (χ1n) is 7.30. The van der Waals surface area contributed by atoms with Crippen LogP contribution in [0.3, 0.4) is 0 Å². The first-order valence-corrected chi connectivity index (χ1v) is 7.30. The molecule has 5 nitrogen and oxygen atoms in total. The predicted molar refractivity (Wildman–Crippen MR) is 82.6 cm³/mol. The van der Waals surface area contributed by atoms with Crippen molar-refractivity contribution in [3.05, 3.63) is 29.3 Å². The molecule has 1 aliphatic rings. The van der Waals surface area contributed by atoms with Gasteiger partial charge in [-0.25, -0.2) is 0 Å². The molecule has 118 valence electrons. The first-order chi connectivity index (χ1) is 10.2. The molecule has 0 saturated carbocycles. The summed E-state index contributed by atoms with van der Waals surface area (Å²) >= 11 is 0. The Kier molecular flexibility index (Phi) is 5.99. The number of benzene rings is 1. The maximum atomic E-state index is 5.49. The van der Waals surface area contributed by atoms with Crippen molar-refractivity contribution in [3.63, 3.8) is 0 Å². The average molecular weight is 294 g/mol. The van der Waals surface area contributed by atoms with Crippen LogP contribution in [0.4, 0.5) is 0 Å². The zero-order valence-electron chi connectivity index (χ0n) is 13.4. The van der Waals surface area contributed by atoms with Crippen molar-refractivity contribution in [2.24, 2.45) is 0 Å². The molecule has 2 unspecified atom stereocenters. The van der Waals surface area contributed by atoms with Crippen LogP contribution in [0, 0.1) is 0 Å². The molecule has 0 aliphatic carbocycles. The predicted octanol–water partition coefficient (Wildman–Crippen LogP) is 1.26. The van der Waals surface area contributed by atoms with E-state index in [4.69, 9.17) is 14.2 Å². The number of methoxy groups -OCH3 is 3. The summed E-state index contributed by atoms with van der Waals surface area (Å²) in [5.74, 6) is 0.935. The van der Waals surface area contributed by atoms with Crippen LogP contribution < -0.4 is 10.1 Å². The molecule has 1 aliphatic heterocycles. The molecule has 1 fully saturated rings. The summed E-state index contributed by atoms with van der Waals surface area (Å²) in [7, 11) is 7.16. The van der Waals surface area contributed by atoms with Crippen LogP contribution in [0.25, 0.3) is 0 Å². The van der Waals surface area contributed by atoms with E-state index in [9.17, 15) is 0 Å². The zero-order chi connectivity index (χ0) is 15.2. The third-order valence-electron chi connectivity index (χ3n) is 4.02. The highest BCUT2D eigenvalue weighted by molar-refractivity contribution is 5.37. The van der Waals surface area contributed by atoms with Gasteiger partial charge < -0.3 is 19.5 Å². The van der Waals surface area contributed by atoms with Gasteiger partial charge in [0.15, 0.2) is 0 Å². The Hall–Kier alpha value is -1.14. The molecule has 5 heteroatoms. The van der Waals surface area contributed by atoms with Gasteiger partial charge in [-0.3, -0.25) is 4.90 Å². The Morgan fingerprint density at radius 3 is 2.33 bits per heavy atom. The first kappa shape index (κ1) is 16.2. The van der Waals surface area contributed by atoms with Crippen molar-refractivity contribution < 1.29 is 14.2 Å². The van der Waals surface area contributed by atoms with Gasteiger partial charge in [-0.15, -0.1) is 0 Å². The smallest absolute Gasteiger partial charge is 0.123 e. The van der Waals surface area contributed by atoms with Gasteiger partial charge in [-0.05, 0) is 24.7 Å². The molecule has 0 amide bonds. The van der Waals surface area contributed by atoms with E-state index in [1.54, 1.807) is 21.3 Å². The highest BCUT2D eigenvalue weighted by Gasteiger charge is 2.33. The number of likely N-dealkylation sites (tertiary alicyclic amines) is 1. The minimum atomic E-state index is 0.140. The van der Waals surface area contributed by atoms with Crippen LogP contribution in [-0.2, 0) is 22.6 Å². The lowest BCUT2D eigenvalue weighted by atomic mass is 10.1.